The van der Waals surface area contributed by atoms with Crippen LogP contribution < -0.4 is 27.0 Å². The number of benzene rings is 1. The SMILES string of the molecule is C#C.C#C.C#C.C#C.C#C.CC.CC.CCNC(=O)[C@H](CCC(N)=O)NC(=O)[C@H](CCc1cccc(C)c1)NC(=O)[C@@H]1CCCN1C(=O)[C@H](CC)NC(C)=O. The molecule has 0 unspecified atom stereocenters. The molecule has 1 fully saturated rings. The molecule has 1 aliphatic rings. The molecule has 4 atom stereocenters. The number of terminal acetylenes is 5. The molecule has 1 saturated heterocycles. The van der Waals surface area contributed by atoms with Gasteiger partial charge in [-0.1, -0.05) is 64.4 Å². The Morgan fingerprint density at radius 2 is 1.31 bits per heavy atom. The van der Waals surface area contributed by atoms with E-state index in [4.69, 9.17) is 5.73 Å². The highest BCUT2D eigenvalue weighted by Gasteiger charge is 2.38. The Kier molecular flexibility index (Phi) is 46.8. The monoisotopic (exact) mass is 763 g/mol. The van der Waals surface area contributed by atoms with Gasteiger partial charge in [0.25, 0.3) is 0 Å². The second-order valence-electron chi connectivity index (χ2n) is 10.4. The average Bonchev–Trinajstić information content (AvgIpc) is 3.72. The summed E-state index contributed by atoms with van der Waals surface area (Å²) in [4.78, 5) is 77.2. The first kappa shape index (κ1) is 60.9. The Morgan fingerprint density at radius 1 is 0.782 bits per heavy atom. The summed E-state index contributed by atoms with van der Waals surface area (Å²) in [5.74, 6) is -2.80. The first-order valence-corrected chi connectivity index (χ1v) is 17.9. The Bertz CT molecular complexity index is 1300. The van der Waals surface area contributed by atoms with Crippen molar-refractivity contribution in [1.82, 2.24) is 26.2 Å². The number of primary amides is 1. The fourth-order valence-electron chi connectivity index (χ4n) is 4.93. The van der Waals surface area contributed by atoms with Gasteiger partial charge in [0.2, 0.25) is 35.4 Å². The summed E-state index contributed by atoms with van der Waals surface area (Å²) >= 11 is 0. The van der Waals surface area contributed by atoms with Crippen LogP contribution in [0, 0.1) is 71.2 Å². The fourth-order valence-corrected chi connectivity index (χ4v) is 4.93. The number of aryl methyl sites for hydroxylation is 2. The summed E-state index contributed by atoms with van der Waals surface area (Å²) in [6.07, 6.45) is 42.0. The molecule has 2 rings (SSSR count). The van der Waals surface area contributed by atoms with Gasteiger partial charge in [0.15, 0.2) is 0 Å². The molecule has 6 N–H and O–H groups in total. The maximum absolute atomic E-state index is 13.5. The molecule has 304 valence electrons. The Hall–Kier alpha value is -6.16. The summed E-state index contributed by atoms with van der Waals surface area (Å²) in [5.41, 5.74) is 7.30. The highest BCUT2D eigenvalue weighted by Crippen LogP contribution is 2.20. The smallest absolute Gasteiger partial charge is 0.245 e. The molecule has 12 nitrogen and oxygen atoms in total. The zero-order valence-corrected chi connectivity index (χ0v) is 34.2. The minimum Gasteiger partial charge on any atom is -0.370 e. The second kappa shape index (κ2) is 42.3. The number of nitrogens with zero attached hydrogens (tertiary/aromatic N) is 1. The normalized spacial score (nSPS) is 12.8. The van der Waals surface area contributed by atoms with Gasteiger partial charge in [-0.3, -0.25) is 28.8 Å². The molecule has 0 radical (unpaired) electrons. The van der Waals surface area contributed by atoms with Crippen LogP contribution in [0.15, 0.2) is 24.3 Å². The van der Waals surface area contributed by atoms with Gasteiger partial charge in [0.1, 0.15) is 24.2 Å². The van der Waals surface area contributed by atoms with E-state index < -0.39 is 47.8 Å². The van der Waals surface area contributed by atoms with Crippen molar-refractivity contribution >= 4 is 35.4 Å². The van der Waals surface area contributed by atoms with Gasteiger partial charge in [-0.2, -0.15) is 0 Å². The third kappa shape index (κ3) is 27.2. The summed E-state index contributed by atoms with van der Waals surface area (Å²) in [6, 6.07) is 4.22. The summed E-state index contributed by atoms with van der Waals surface area (Å²) in [7, 11) is 0. The van der Waals surface area contributed by atoms with E-state index in [1.54, 1.807) is 13.8 Å². The highest BCUT2D eigenvalue weighted by molar-refractivity contribution is 5.95. The Balaban J connectivity index is -0.000000384. The van der Waals surface area contributed by atoms with Crippen molar-refractivity contribution in [3.8, 4) is 64.2 Å². The van der Waals surface area contributed by atoms with Gasteiger partial charge in [-0.25, -0.2) is 0 Å². The van der Waals surface area contributed by atoms with Crippen LogP contribution in [0.4, 0.5) is 0 Å². The van der Waals surface area contributed by atoms with E-state index in [9.17, 15) is 28.8 Å². The van der Waals surface area contributed by atoms with Crippen LogP contribution >= 0.6 is 0 Å². The molecule has 1 aliphatic heterocycles. The molecule has 0 spiro atoms. The molecule has 55 heavy (non-hydrogen) atoms. The van der Waals surface area contributed by atoms with Gasteiger partial charge >= 0.3 is 0 Å². The predicted molar refractivity (Wildman–Crippen MR) is 225 cm³/mol. The number of hydrogen-bond donors (Lipinski definition) is 5. The Labute approximate surface area is 332 Å². The van der Waals surface area contributed by atoms with E-state index in [-0.39, 0.29) is 31.1 Å². The zero-order chi connectivity index (χ0) is 44.5. The summed E-state index contributed by atoms with van der Waals surface area (Å²) in [5, 5.41) is 10.8. The number of carbonyl (C=O) groups excluding carboxylic acids is 6. The molecular formula is C43H66N6O6. The lowest BCUT2D eigenvalue weighted by Gasteiger charge is -2.29. The van der Waals surface area contributed by atoms with E-state index in [0.29, 0.717) is 38.8 Å². The van der Waals surface area contributed by atoms with Crippen LogP contribution in [0.25, 0.3) is 0 Å². The first-order chi connectivity index (χ1) is 26.5. The van der Waals surface area contributed by atoms with Crippen LogP contribution in [-0.4, -0.2) is 77.6 Å². The van der Waals surface area contributed by atoms with Crippen LogP contribution in [-0.2, 0) is 35.2 Å². The molecule has 12 heteroatoms. The number of likely N-dealkylation sites (N-methyl/N-ethyl adjacent to an activating group) is 1. The molecule has 0 aliphatic carbocycles. The number of likely N-dealkylation sites (tertiary alicyclic amines) is 1. The van der Waals surface area contributed by atoms with Gasteiger partial charge in [0, 0.05) is 26.4 Å². The molecule has 6 amide bonds. The van der Waals surface area contributed by atoms with E-state index in [1.807, 2.05) is 58.9 Å². The molecule has 1 aromatic carbocycles. The van der Waals surface area contributed by atoms with Crippen LogP contribution in [0.5, 0.6) is 0 Å². The largest absolute Gasteiger partial charge is 0.370 e. The van der Waals surface area contributed by atoms with E-state index >= 15 is 0 Å². The lowest BCUT2D eigenvalue weighted by Crippen LogP contribution is -2.57. The number of carbonyl (C=O) groups is 6. The predicted octanol–water partition coefficient (Wildman–Crippen LogP) is 3.50. The van der Waals surface area contributed by atoms with Crippen molar-refractivity contribution in [2.75, 3.05) is 13.1 Å². The number of amides is 6. The quantitative estimate of drug-likeness (QED) is 0.171. The van der Waals surface area contributed by atoms with Gasteiger partial charge in [-0.05, 0) is 57.9 Å². The lowest BCUT2D eigenvalue weighted by atomic mass is 10.0. The van der Waals surface area contributed by atoms with Crippen molar-refractivity contribution in [1.29, 1.82) is 0 Å². The number of rotatable bonds is 15. The van der Waals surface area contributed by atoms with Crippen LogP contribution in [0.1, 0.15) is 98.1 Å². The minimum atomic E-state index is -1.01. The lowest BCUT2D eigenvalue weighted by molar-refractivity contribution is -0.142. The van der Waals surface area contributed by atoms with Crippen molar-refractivity contribution in [3.05, 3.63) is 35.4 Å². The van der Waals surface area contributed by atoms with E-state index in [0.717, 1.165) is 11.1 Å². The van der Waals surface area contributed by atoms with Crippen molar-refractivity contribution < 1.29 is 28.8 Å². The zero-order valence-electron chi connectivity index (χ0n) is 34.2. The minimum absolute atomic E-state index is 0.0118. The van der Waals surface area contributed by atoms with Gasteiger partial charge in [0.05, 0.1) is 0 Å². The number of hydrogen-bond acceptors (Lipinski definition) is 6. The van der Waals surface area contributed by atoms with E-state index in [1.165, 1.54) is 11.8 Å². The third-order valence-electron chi connectivity index (χ3n) is 7.02. The van der Waals surface area contributed by atoms with Crippen molar-refractivity contribution in [3.63, 3.8) is 0 Å². The maximum Gasteiger partial charge on any atom is 0.245 e. The third-order valence-corrected chi connectivity index (χ3v) is 7.02. The highest BCUT2D eigenvalue weighted by atomic mass is 16.2. The van der Waals surface area contributed by atoms with Gasteiger partial charge in [-0.15, -0.1) is 64.2 Å². The summed E-state index contributed by atoms with van der Waals surface area (Å²) in [6.45, 7) is 15.5. The summed E-state index contributed by atoms with van der Waals surface area (Å²) < 4.78 is 0. The second-order valence-corrected chi connectivity index (χ2v) is 10.4. The van der Waals surface area contributed by atoms with Crippen LogP contribution in [0.3, 0.4) is 0 Å². The van der Waals surface area contributed by atoms with Gasteiger partial charge < -0.3 is 31.9 Å². The maximum atomic E-state index is 13.5. The van der Waals surface area contributed by atoms with E-state index in [2.05, 4.69) is 85.5 Å². The van der Waals surface area contributed by atoms with Crippen molar-refractivity contribution in [2.45, 2.75) is 125 Å². The Morgan fingerprint density at radius 3 is 1.76 bits per heavy atom. The fraction of sp³-hybridized carbons (Fsp3) is 0.488. The average molecular weight is 763 g/mol. The molecule has 0 saturated carbocycles. The molecule has 0 bridgehead atoms. The standard InChI is InChI=1S/C29H44N6O6.2C2H6.5C2H2/c1-5-21(32-19(4)36)29(41)35-16-8-11-24(35)28(40)34-23(13-12-20-10-7-9-18(3)17-20)27(39)33-22(14-15-25(30)37)26(38)31-6-2;7*1-2/h7,9-10,17,21-24H,5-6,8,11-16H2,1-4H3,(H2,30,37)(H,31,38)(H,32,36)(H,33,39)(H,34,40);2*1-2H3;5*1-2H/t21-,22-,23-,24-;;;;;;;/m0......./s1. The van der Waals surface area contributed by atoms with Crippen molar-refractivity contribution in [2.24, 2.45) is 5.73 Å². The molecule has 1 heterocycles. The topological polar surface area (TPSA) is 180 Å². The number of nitrogens with two attached hydrogens (primary N) is 1. The first-order valence-electron chi connectivity index (χ1n) is 17.9. The van der Waals surface area contributed by atoms with Crippen LogP contribution in [0.2, 0.25) is 0 Å². The molecule has 0 aromatic heterocycles. The molecule has 1 aromatic rings. The molecular weight excluding hydrogens is 697 g/mol. The number of nitrogens with one attached hydrogen (secondary N) is 4.